The highest BCUT2D eigenvalue weighted by Gasteiger charge is 2.32. The summed E-state index contributed by atoms with van der Waals surface area (Å²) in [7, 11) is 0. The third-order valence-electron chi connectivity index (χ3n) is 4.18. The first-order valence-corrected chi connectivity index (χ1v) is 7.97. The van der Waals surface area contributed by atoms with E-state index in [0.29, 0.717) is 12.1 Å². The molecule has 0 aromatic heterocycles. The van der Waals surface area contributed by atoms with E-state index in [1.165, 1.54) is 5.56 Å². The van der Waals surface area contributed by atoms with Gasteiger partial charge in [0.2, 0.25) is 0 Å². The number of ether oxygens (including phenoxy) is 1. The molecule has 1 aliphatic rings. The third-order valence-corrected chi connectivity index (χ3v) is 4.67. The Morgan fingerprint density at radius 3 is 3.00 bits per heavy atom. The Balaban J connectivity index is 1.97. The predicted molar refractivity (Wildman–Crippen MR) is 83.4 cm³/mol. The molecule has 3 atom stereocenters. The first-order chi connectivity index (χ1) is 9.02. The van der Waals surface area contributed by atoms with Crippen molar-refractivity contribution in [1.29, 1.82) is 0 Å². The van der Waals surface area contributed by atoms with Crippen LogP contribution in [0.2, 0.25) is 0 Å². The van der Waals surface area contributed by atoms with Crippen LogP contribution in [0.1, 0.15) is 51.6 Å². The largest absolute Gasteiger partial charge is 0.375 e. The molecule has 1 saturated heterocycles. The van der Waals surface area contributed by atoms with Gasteiger partial charge in [-0.1, -0.05) is 35.0 Å². The Morgan fingerprint density at radius 1 is 1.53 bits per heavy atom. The van der Waals surface area contributed by atoms with Gasteiger partial charge in [0, 0.05) is 23.2 Å². The molecule has 1 aromatic carbocycles. The second kappa shape index (κ2) is 6.38. The molecule has 106 valence electrons. The smallest absolute Gasteiger partial charge is 0.0666 e. The van der Waals surface area contributed by atoms with Crippen LogP contribution >= 0.6 is 15.9 Å². The summed E-state index contributed by atoms with van der Waals surface area (Å²) >= 11 is 3.54. The summed E-state index contributed by atoms with van der Waals surface area (Å²) in [4.78, 5) is 0. The number of nitrogens with one attached hydrogen (secondary N) is 1. The lowest BCUT2D eigenvalue weighted by Gasteiger charge is -2.39. The topological polar surface area (TPSA) is 21.3 Å². The van der Waals surface area contributed by atoms with Crippen molar-refractivity contribution < 1.29 is 4.74 Å². The molecule has 0 spiro atoms. The standard InChI is InChI=1S/C16H24BrNO/c1-4-16(3)11-15(8-9-19-16)18-12(2)13-6-5-7-14(17)10-13/h5-7,10,12,15,18H,4,8-9,11H2,1-3H3/t12-,15?,16?/m1/s1. The molecular weight excluding hydrogens is 302 g/mol. The van der Waals surface area contributed by atoms with Crippen molar-refractivity contribution in [2.24, 2.45) is 0 Å². The number of rotatable bonds is 4. The zero-order chi connectivity index (χ0) is 13.9. The molecule has 19 heavy (non-hydrogen) atoms. The summed E-state index contributed by atoms with van der Waals surface area (Å²) < 4.78 is 7.05. The minimum Gasteiger partial charge on any atom is -0.375 e. The molecule has 0 bridgehead atoms. The maximum atomic E-state index is 5.90. The molecule has 1 heterocycles. The summed E-state index contributed by atoms with van der Waals surface area (Å²) in [5.74, 6) is 0. The van der Waals surface area contributed by atoms with E-state index < -0.39 is 0 Å². The Hall–Kier alpha value is -0.380. The van der Waals surface area contributed by atoms with Crippen molar-refractivity contribution in [3.05, 3.63) is 34.3 Å². The zero-order valence-corrected chi connectivity index (χ0v) is 13.7. The van der Waals surface area contributed by atoms with E-state index >= 15 is 0 Å². The monoisotopic (exact) mass is 325 g/mol. The van der Waals surface area contributed by atoms with E-state index in [-0.39, 0.29) is 5.60 Å². The molecule has 0 saturated carbocycles. The van der Waals surface area contributed by atoms with Crippen molar-refractivity contribution in [1.82, 2.24) is 5.32 Å². The lowest BCUT2D eigenvalue weighted by atomic mass is 9.89. The van der Waals surface area contributed by atoms with Gasteiger partial charge in [0.1, 0.15) is 0 Å². The van der Waals surface area contributed by atoms with Crippen LogP contribution in [-0.4, -0.2) is 18.2 Å². The zero-order valence-electron chi connectivity index (χ0n) is 12.1. The van der Waals surface area contributed by atoms with Crippen molar-refractivity contribution in [2.45, 2.75) is 57.7 Å². The maximum Gasteiger partial charge on any atom is 0.0666 e. The lowest BCUT2D eigenvalue weighted by molar-refractivity contribution is -0.0789. The molecule has 0 amide bonds. The molecule has 1 aromatic rings. The minimum absolute atomic E-state index is 0.0485. The number of benzene rings is 1. The number of halogens is 1. The van der Waals surface area contributed by atoms with Crippen LogP contribution in [0.5, 0.6) is 0 Å². The average Bonchev–Trinajstić information content (AvgIpc) is 2.39. The van der Waals surface area contributed by atoms with Gasteiger partial charge in [-0.2, -0.15) is 0 Å². The average molecular weight is 326 g/mol. The van der Waals surface area contributed by atoms with Crippen LogP contribution in [0.3, 0.4) is 0 Å². The molecule has 0 radical (unpaired) electrons. The normalized spacial score (nSPS) is 29.2. The third kappa shape index (κ3) is 4.04. The van der Waals surface area contributed by atoms with Gasteiger partial charge < -0.3 is 10.1 Å². The molecular formula is C16H24BrNO. The molecule has 2 unspecified atom stereocenters. The Labute approximate surface area is 125 Å². The van der Waals surface area contributed by atoms with Gasteiger partial charge in [0.25, 0.3) is 0 Å². The maximum absolute atomic E-state index is 5.90. The Kier molecular flexibility index (Phi) is 5.04. The van der Waals surface area contributed by atoms with E-state index in [0.717, 1.165) is 30.3 Å². The van der Waals surface area contributed by atoms with Gasteiger partial charge in [-0.25, -0.2) is 0 Å². The van der Waals surface area contributed by atoms with E-state index in [9.17, 15) is 0 Å². The molecule has 1 aliphatic heterocycles. The highest BCUT2D eigenvalue weighted by molar-refractivity contribution is 9.10. The van der Waals surface area contributed by atoms with Gasteiger partial charge in [-0.3, -0.25) is 0 Å². The highest BCUT2D eigenvalue weighted by atomic mass is 79.9. The summed E-state index contributed by atoms with van der Waals surface area (Å²) in [6.07, 6.45) is 3.28. The van der Waals surface area contributed by atoms with Crippen LogP contribution < -0.4 is 5.32 Å². The fourth-order valence-corrected chi connectivity index (χ4v) is 3.16. The van der Waals surface area contributed by atoms with Crippen LogP contribution in [0, 0.1) is 0 Å². The van der Waals surface area contributed by atoms with Crippen LogP contribution in [0.15, 0.2) is 28.7 Å². The fourth-order valence-electron chi connectivity index (χ4n) is 2.74. The summed E-state index contributed by atoms with van der Waals surface area (Å²) in [5.41, 5.74) is 1.38. The predicted octanol–water partition coefficient (Wildman–Crippen LogP) is 4.45. The number of hydrogen-bond donors (Lipinski definition) is 1. The van der Waals surface area contributed by atoms with Crippen LogP contribution in [0.4, 0.5) is 0 Å². The Bertz CT molecular complexity index is 423. The fraction of sp³-hybridized carbons (Fsp3) is 0.625. The highest BCUT2D eigenvalue weighted by Crippen LogP contribution is 2.29. The van der Waals surface area contributed by atoms with Gasteiger partial charge in [0.05, 0.1) is 5.60 Å². The molecule has 2 rings (SSSR count). The van der Waals surface area contributed by atoms with Gasteiger partial charge in [0.15, 0.2) is 0 Å². The second-order valence-electron chi connectivity index (χ2n) is 5.79. The van der Waals surface area contributed by atoms with E-state index in [2.05, 4.69) is 66.3 Å². The number of hydrogen-bond acceptors (Lipinski definition) is 2. The lowest BCUT2D eigenvalue weighted by Crippen LogP contribution is -2.45. The summed E-state index contributed by atoms with van der Waals surface area (Å²) in [6.45, 7) is 7.54. The van der Waals surface area contributed by atoms with E-state index in [4.69, 9.17) is 4.74 Å². The first kappa shape index (κ1) is 15.0. The van der Waals surface area contributed by atoms with Gasteiger partial charge >= 0.3 is 0 Å². The molecule has 1 N–H and O–H groups in total. The van der Waals surface area contributed by atoms with Gasteiger partial charge in [-0.15, -0.1) is 0 Å². The quantitative estimate of drug-likeness (QED) is 0.883. The molecule has 3 heteroatoms. The minimum atomic E-state index is 0.0485. The van der Waals surface area contributed by atoms with Crippen molar-refractivity contribution in [2.75, 3.05) is 6.61 Å². The van der Waals surface area contributed by atoms with Crippen molar-refractivity contribution in [3.63, 3.8) is 0 Å². The first-order valence-electron chi connectivity index (χ1n) is 7.18. The van der Waals surface area contributed by atoms with Gasteiger partial charge in [-0.05, 0) is 50.8 Å². The summed E-state index contributed by atoms with van der Waals surface area (Å²) in [6, 6.07) is 9.46. The second-order valence-corrected chi connectivity index (χ2v) is 6.70. The molecule has 2 nitrogen and oxygen atoms in total. The Morgan fingerprint density at radius 2 is 2.32 bits per heavy atom. The molecule has 0 aliphatic carbocycles. The van der Waals surface area contributed by atoms with Crippen LogP contribution in [0.25, 0.3) is 0 Å². The summed E-state index contributed by atoms with van der Waals surface area (Å²) in [5, 5.41) is 3.75. The SMILES string of the molecule is CCC1(C)CC(N[C@H](C)c2cccc(Br)c2)CCO1. The van der Waals surface area contributed by atoms with E-state index in [1.807, 2.05) is 0 Å². The van der Waals surface area contributed by atoms with Crippen LogP contribution in [-0.2, 0) is 4.74 Å². The van der Waals surface area contributed by atoms with Crippen molar-refractivity contribution >= 4 is 15.9 Å². The molecule has 1 fully saturated rings. The van der Waals surface area contributed by atoms with E-state index in [1.54, 1.807) is 0 Å². The van der Waals surface area contributed by atoms with Crippen molar-refractivity contribution in [3.8, 4) is 0 Å².